The zero-order valence-corrected chi connectivity index (χ0v) is 8.25. The number of amidine groups is 1. The average molecular weight is 206 g/mol. The Hall–Kier alpha value is -1.55. The third-order valence-electron chi connectivity index (χ3n) is 1.47. The van der Waals surface area contributed by atoms with Crippen LogP contribution in [0.1, 0.15) is 10.4 Å². The number of hydrogen-bond donors (Lipinski definition) is 2. The van der Waals surface area contributed by atoms with Crippen LogP contribution in [0, 0.1) is 5.41 Å². The molecule has 0 atom stereocenters. The van der Waals surface area contributed by atoms with Crippen molar-refractivity contribution in [2.24, 2.45) is 5.73 Å². The van der Waals surface area contributed by atoms with E-state index in [1.165, 1.54) is 11.5 Å². The minimum Gasteiger partial charge on any atom is -0.378 e. The minimum absolute atomic E-state index is 0.0258. The fourth-order valence-corrected chi connectivity index (χ4v) is 1.21. The molecule has 0 amide bonds. The van der Waals surface area contributed by atoms with Gasteiger partial charge in [-0.2, -0.15) is 0 Å². The predicted octanol–water partition coefficient (Wildman–Crippen LogP) is 2.01. The Balaban J connectivity index is 2.59. The van der Waals surface area contributed by atoms with E-state index in [0.29, 0.717) is 5.56 Å². The van der Waals surface area contributed by atoms with E-state index in [4.69, 9.17) is 11.1 Å². The molecule has 0 aliphatic carbocycles. The summed E-state index contributed by atoms with van der Waals surface area (Å²) in [5.74, 6) is -0.0839. The molecule has 3 N–H and O–H groups in total. The lowest BCUT2D eigenvalue weighted by Gasteiger charge is -1.93. The molecular weight excluding hydrogens is 196 g/mol. The van der Waals surface area contributed by atoms with Gasteiger partial charge in [-0.3, -0.25) is 10.2 Å². The van der Waals surface area contributed by atoms with Crippen molar-refractivity contribution < 1.29 is 4.79 Å². The zero-order chi connectivity index (χ0) is 10.4. The van der Waals surface area contributed by atoms with E-state index in [-0.39, 0.29) is 11.0 Å². The number of carbonyl (C=O) groups excluding carboxylic acids is 1. The van der Waals surface area contributed by atoms with Crippen molar-refractivity contribution in [3.8, 4) is 0 Å². The molecule has 0 heterocycles. The standard InChI is InChI=1S/C10H10N2OS/c11-10(12)14-7-6-9(13)8-4-2-1-3-5-8/h1-7H,(H3,11,12)/b7-6-. The van der Waals surface area contributed by atoms with E-state index >= 15 is 0 Å². The molecule has 4 heteroatoms. The first-order valence-corrected chi connectivity index (χ1v) is 4.84. The molecule has 0 aliphatic heterocycles. The maximum absolute atomic E-state index is 11.4. The van der Waals surface area contributed by atoms with E-state index in [2.05, 4.69) is 0 Å². The molecule has 1 aromatic carbocycles. The van der Waals surface area contributed by atoms with Gasteiger partial charge in [0.25, 0.3) is 0 Å². The molecule has 1 rings (SSSR count). The lowest BCUT2D eigenvalue weighted by atomic mass is 10.1. The van der Waals surface area contributed by atoms with Gasteiger partial charge in [0.1, 0.15) is 0 Å². The Kier molecular flexibility index (Phi) is 3.94. The summed E-state index contributed by atoms with van der Waals surface area (Å²) < 4.78 is 0. The number of carbonyl (C=O) groups is 1. The second kappa shape index (κ2) is 5.24. The third kappa shape index (κ3) is 3.45. The topological polar surface area (TPSA) is 66.9 Å². The Morgan fingerprint density at radius 2 is 2.00 bits per heavy atom. The summed E-state index contributed by atoms with van der Waals surface area (Å²) in [5, 5.41) is 8.41. The van der Waals surface area contributed by atoms with Crippen LogP contribution in [0.4, 0.5) is 0 Å². The summed E-state index contributed by atoms with van der Waals surface area (Å²) >= 11 is 1.01. The van der Waals surface area contributed by atoms with Gasteiger partial charge in [0.15, 0.2) is 11.0 Å². The van der Waals surface area contributed by atoms with Gasteiger partial charge in [0, 0.05) is 5.56 Å². The van der Waals surface area contributed by atoms with E-state index < -0.39 is 0 Å². The summed E-state index contributed by atoms with van der Waals surface area (Å²) in [6.45, 7) is 0. The third-order valence-corrected chi connectivity index (χ3v) is 2.00. The number of ketones is 1. The lowest BCUT2D eigenvalue weighted by Crippen LogP contribution is -2.01. The summed E-state index contributed by atoms with van der Waals surface area (Å²) in [6.07, 6.45) is 1.40. The van der Waals surface area contributed by atoms with Crippen LogP contribution in [0.5, 0.6) is 0 Å². The molecule has 3 nitrogen and oxygen atoms in total. The maximum atomic E-state index is 11.4. The summed E-state index contributed by atoms with van der Waals surface area (Å²) in [4.78, 5) is 11.4. The van der Waals surface area contributed by atoms with Crippen LogP contribution < -0.4 is 5.73 Å². The number of nitrogens with one attached hydrogen (secondary N) is 1. The zero-order valence-electron chi connectivity index (χ0n) is 7.44. The molecule has 1 aromatic rings. The van der Waals surface area contributed by atoms with Gasteiger partial charge in [0.05, 0.1) is 0 Å². The van der Waals surface area contributed by atoms with Gasteiger partial charge in [-0.15, -0.1) is 0 Å². The molecule has 0 radical (unpaired) electrons. The number of rotatable bonds is 3. The van der Waals surface area contributed by atoms with Crippen molar-refractivity contribution in [3.63, 3.8) is 0 Å². The highest BCUT2D eigenvalue weighted by atomic mass is 32.2. The van der Waals surface area contributed by atoms with Crippen LogP contribution in [0.25, 0.3) is 0 Å². The molecular formula is C10H10N2OS. The largest absolute Gasteiger partial charge is 0.378 e. The SMILES string of the molecule is N=C(N)S/C=C\C(=O)c1ccccc1. The van der Waals surface area contributed by atoms with Crippen LogP contribution in [0.15, 0.2) is 41.8 Å². The minimum atomic E-state index is -0.0839. The number of hydrogen-bond acceptors (Lipinski definition) is 3. The predicted molar refractivity (Wildman–Crippen MR) is 59.4 cm³/mol. The van der Waals surface area contributed by atoms with Crippen LogP contribution >= 0.6 is 11.8 Å². The average Bonchev–Trinajstić information content (AvgIpc) is 2.18. The smallest absolute Gasteiger partial charge is 0.186 e. The van der Waals surface area contributed by atoms with Crippen molar-refractivity contribution in [2.75, 3.05) is 0 Å². The quantitative estimate of drug-likeness (QED) is 0.344. The Bertz CT molecular complexity index is 360. The molecule has 0 aromatic heterocycles. The number of thioether (sulfide) groups is 1. The summed E-state index contributed by atoms with van der Waals surface area (Å²) in [5.41, 5.74) is 5.73. The van der Waals surface area contributed by atoms with Gasteiger partial charge >= 0.3 is 0 Å². The number of nitrogens with two attached hydrogens (primary N) is 1. The van der Waals surface area contributed by atoms with Gasteiger partial charge in [-0.05, 0) is 11.5 Å². The highest BCUT2D eigenvalue weighted by Crippen LogP contribution is 2.04. The highest BCUT2D eigenvalue weighted by Gasteiger charge is 1.98. The van der Waals surface area contributed by atoms with E-state index in [1.54, 1.807) is 24.3 Å². The van der Waals surface area contributed by atoms with Crippen molar-refractivity contribution in [1.29, 1.82) is 5.41 Å². The van der Waals surface area contributed by atoms with Crippen molar-refractivity contribution in [1.82, 2.24) is 0 Å². The molecule has 14 heavy (non-hydrogen) atoms. The van der Waals surface area contributed by atoms with Gasteiger partial charge in [-0.25, -0.2) is 0 Å². The highest BCUT2D eigenvalue weighted by molar-refractivity contribution is 8.16. The van der Waals surface area contributed by atoms with Crippen LogP contribution in [-0.2, 0) is 0 Å². The van der Waals surface area contributed by atoms with Gasteiger partial charge in [-0.1, -0.05) is 42.1 Å². The van der Waals surface area contributed by atoms with Gasteiger partial charge in [0.2, 0.25) is 0 Å². The molecule has 0 bridgehead atoms. The Morgan fingerprint density at radius 1 is 1.36 bits per heavy atom. The van der Waals surface area contributed by atoms with E-state index in [1.807, 2.05) is 6.07 Å². The van der Waals surface area contributed by atoms with Crippen LogP contribution in [-0.4, -0.2) is 11.0 Å². The molecule has 0 aliphatic rings. The first kappa shape index (κ1) is 10.5. The molecule has 0 spiro atoms. The van der Waals surface area contributed by atoms with Gasteiger partial charge < -0.3 is 5.73 Å². The second-order valence-corrected chi connectivity index (χ2v) is 3.46. The Morgan fingerprint density at radius 3 is 2.57 bits per heavy atom. The summed E-state index contributed by atoms with van der Waals surface area (Å²) in [7, 11) is 0. The second-order valence-electron chi connectivity index (χ2n) is 2.52. The molecule has 0 fully saturated rings. The molecule has 0 unspecified atom stereocenters. The fraction of sp³-hybridized carbons (Fsp3) is 0. The monoisotopic (exact) mass is 206 g/mol. The van der Waals surface area contributed by atoms with E-state index in [0.717, 1.165) is 11.8 Å². The van der Waals surface area contributed by atoms with Crippen molar-refractivity contribution >= 4 is 22.7 Å². The Labute approximate surface area is 86.5 Å². The molecule has 72 valence electrons. The molecule has 0 saturated carbocycles. The fourth-order valence-electron chi connectivity index (χ4n) is 0.868. The first-order chi connectivity index (χ1) is 6.70. The summed E-state index contributed by atoms with van der Waals surface area (Å²) in [6, 6.07) is 8.94. The van der Waals surface area contributed by atoms with Crippen LogP contribution in [0.3, 0.4) is 0 Å². The van der Waals surface area contributed by atoms with E-state index in [9.17, 15) is 4.79 Å². The van der Waals surface area contributed by atoms with Crippen molar-refractivity contribution in [3.05, 3.63) is 47.4 Å². The number of benzene rings is 1. The first-order valence-electron chi connectivity index (χ1n) is 3.97. The lowest BCUT2D eigenvalue weighted by molar-refractivity contribution is 0.104. The molecule has 0 saturated heterocycles. The maximum Gasteiger partial charge on any atom is 0.186 e. The van der Waals surface area contributed by atoms with Crippen molar-refractivity contribution in [2.45, 2.75) is 0 Å². The number of allylic oxidation sites excluding steroid dienone is 1. The van der Waals surface area contributed by atoms with Crippen LogP contribution in [0.2, 0.25) is 0 Å². The normalized spacial score (nSPS) is 10.3.